The van der Waals surface area contributed by atoms with Crippen LogP contribution in [-0.4, -0.2) is 6.04 Å². The van der Waals surface area contributed by atoms with Gasteiger partial charge in [0.1, 0.15) is 0 Å². The van der Waals surface area contributed by atoms with Crippen LogP contribution in [0.2, 0.25) is 5.02 Å². The van der Waals surface area contributed by atoms with Crippen LogP contribution in [0.25, 0.3) is 0 Å². The van der Waals surface area contributed by atoms with Crippen LogP contribution in [0.15, 0.2) is 53.4 Å². The fourth-order valence-corrected chi connectivity index (χ4v) is 3.62. The summed E-state index contributed by atoms with van der Waals surface area (Å²) < 4.78 is 0. The van der Waals surface area contributed by atoms with E-state index < -0.39 is 0 Å². The summed E-state index contributed by atoms with van der Waals surface area (Å²) in [5.74, 6) is 0. The molecule has 2 atom stereocenters. The Kier molecular flexibility index (Phi) is 5.53. The summed E-state index contributed by atoms with van der Waals surface area (Å²) in [6, 6.07) is 16.7. The maximum absolute atomic E-state index is 6.32. The van der Waals surface area contributed by atoms with Crippen molar-refractivity contribution >= 4 is 23.4 Å². The molecule has 0 aliphatic heterocycles. The van der Waals surface area contributed by atoms with Gasteiger partial charge in [0.25, 0.3) is 0 Å². The van der Waals surface area contributed by atoms with Gasteiger partial charge in [-0.1, -0.05) is 54.4 Å². The summed E-state index contributed by atoms with van der Waals surface area (Å²) in [7, 11) is 0. The third-order valence-electron chi connectivity index (χ3n) is 3.33. The van der Waals surface area contributed by atoms with Crippen LogP contribution >= 0.6 is 23.4 Å². The number of nitrogens with two attached hydrogens (primary N) is 1. The Hall–Kier alpha value is -0.960. The van der Waals surface area contributed by atoms with Crippen molar-refractivity contribution in [2.45, 2.75) is 36.5 Å². The molecule has 0 amide bonds. The predicted molar refractivity (Wildman–Crippen MR) is 89.5 cm³/mol. The quantitative estimate of drug-likeness (QED) is 0.766. The van der Waals surface area contributed by atoms with E-state index in [1.807, 2.05) is 18.2 Å². The van der Waals surface area contributed by atoms with Crippen LogP contribution in [0.5, 0.6) is 0 Å². The van der Waals surface area contributed by atoms with Crippen LogP contribution in [-0.2, 0) is 0 Å². The topological polar surface area (TPSA) is 26.0 Å². The van der Waals surface area contributed by atoms with E-state index in [0.29, 0.717) is 0 Å². The largest absolute Gasteiger partial charge is 0.326 e. The van der Waals surface area contributed by atoms with E-state index in [1.165, 1.54) is 11.1 Å². The van der Waals surface area contributed by atoms with E-state index in [0.717, 1.165) is 16.3 Å². The minimum absolute atomic E-state index is 0.127. The molecule has 0 saturated carbocycles. The van der Waals surface area contributed by atoms with Crippen molar-refractivity contribution in [3.8, 4) is 0 Å². The molecule has 0 bridgehead atoms. The lowest BCUT2D eigenvalue weighted by Gasteiger charge is -2.23. The molecule has 2 N–H and O–H groups in total. The number of benzene rings is 2. The number of thioether (sulfide) groups is 1. The first-order valence-electron chi connectivity index (χ1n) is 6.84. The van der Waals surface area contributed by atoms with Crippen LogP contribution < -0.4 is 5.73 Å². The molecule has 0 aromatic heterocycles. The standard InChI is InChI=1S/C17H20ClNS/c1-3-16(19)17(13-9-7-12(2)8-10-13)20-15-6-4-5-14(18)11-15/h4-11,16-17H,3,19H2,1-2H3. The van der Waals surface area contributed by atoms with Crippen molar-refractivity contribution in [3.63, 3.8) is 0 Å². The molecule has 1 nitrogen and oxygen atoms in total. The number of rotatable bonds is 5. The van der Waals surface area contributed by atoms with Crippen molar-refractivity contribution in [1.29, 1.82) is 0 Å². The summed E-state index contributed by atoms with van der Waals surface area (Å²) in [5.41, 5.74) is 8.86. The van der Waals surface area contributed by atoms with Crippen molar-refractivity contribution in [2.75, 3.05) is 0 Å². The third-order valence-corrected chi connectivity index (χ3v) is 4.96. The first-order chi connectivity index (χ1) is 9.60. The fourth-order valence-electron chi connectivity index (χ4n) is 2.06. The second-order valence-corrected chi connectivity index (χ2v) is 6.63. The molecule has 3 heteroatoms. The molecular formula is C17H20ClNS. The molecule has 0 aliphatic carbocycles. The third kappa shape index (κ3) is 4.02. The maximum atomic E-state index is 6.32. The Balaban J connectivity index is 2.26. The van der Waals surface area contributed by atoms with Gasteiger partial charge in [-0.25, -0.2) is 0 Å². The molecule has 2 unspecified atom stereocenters. The van der Waals surface area contributed by atoms with Crippen LogP contribution in [0.3, 0.4) is 0 Å². The van der Waals surface area contributed by atoms with Gasteiger partial charge in [-0.2, -0.15) is 0 Å². The zero-order valence-corrected chi connectivity index (χ0v) is 13.4. The molecule has 0 heterocycles. The molecule has 2 rings (SSSR count). The average Bonchev–Trinajstić information content (AvgIpc) is 2.45. The smallest absolute Gasteiger partial charge is 0.0495 e. The summed E-state index contributed by atoms with van der Waals surface area (Å²) in [6.45, 7) is 4.23. The fraction of sp³-hybridized carbons (Fsp3) is 0.294. The van der Waals surface area contributed by atoms with Crippen molar-refractivity contribution in [3.05, 3.63) is 64.7 Å². The Morgan fingerprint density at radius 1 is 1.15 bits per heavy atom. The number of halogens is 1. The predicted octanol–water partition coefficient (Wildman–Crippen LogP) is 5.22. The van der Waals surface area contributed by atoms with Gasteiger partial charge in [0.05, 0.1) is 0 Å². The van der Waals surface area contributed by atoms with Crippen molar-refractivity contribution in [1.82, 2.24) is 0 Å². The highest BCUT2D eigenvalue weighted by molar-refractivity contribution is 7.99. The zero-order valence-electron chi connectivity index (χ0n) is 11.8. The second kappa shape index (κ2) is 7.16. The van der Waals surface area contributed by atoms with Gasteiger partial charge >= 0.3 is 0 Å². The Labute approximate surface area is 130 Å². The highest BCUT2D eigenvalue weighted by atomic mass is 35.5. The molecule has 0 spiro atoms. The van der Waals surface area contributed by atoms with Crippen LogP contribution in [0.4, 0.5) is 0 Å². The zero-order chi connectivity index (χ0) is 14.5. The first kappa shape index (κ1) is 15.4. The number of hydrogen-bond acceptors (Lipinski definition) is 2. The molecular weight excluding hydrogens is 286 g/mol. The maximum Gasteiger partial charge on any atom is 0.0495 e. The van der Waals surface area contributed by atoms with Gasteiger partial charge in [0.15, 0.2) is 0 Å². The number of hydrogen-bond donors (Lipinski definition) is 1. The first-order valence-corrected chi connectivity index (χ1v) is 8.10. The molecule has 2 aromatic carbocycles. The van der Waals surface area contributed by atoms with Gasteiger partial charge in [-0.05, 0) is 37.1 Å². The molecule has 20 heavy (non-hydrogen) atoms. The van der Waals surface area contributed by atoms with Gasteiger partial charge in [-0.15, -0.1) is 11.8 Å². The summed E-state index contributed by atoms with van der Waals surface area (Å²) in [4.78, 5) is 1.16. The normalized spacial score (nSPS) is 14.0. The van der Waals surface area contributed by atoms with Gasteiger partial charge in [0.2, 0.25) is 0 Å². The van der Waals surface area contributed by atoms with E-state index in [1.54, 1.807) is 11.8 Å². The molecule has 0 radical (unpaired) electrons. The summed E-state index contributed by atoms with van der Waals surface area (Å²) in [5, 5.41) is 1.02. The lowest BCUT2D eigenvalue weighted by Crippen LogP contribution is -2.25. The lowest BCUT2D eigenvalue weighted by molar-refractivity contribution is 0.634. The van der Waals surface area contributed by atoms with E-state index in [-0.39, 0.29) is 11.3 Å². The second-order valence-electron chi connectivity index (χ2n) is 4.98. The SMILES string of the molecule is CCC(N)C(Sc1cccc(Cl)c1)c1ccc(C)cc1. The molecule has 2 aromatic rings. The van der Waals surface area contributed by atoms with Crippen molar-refractivity contribution in [2.24, 2.45) is 5.73 Å². The monoisotopic (exact) mass is 305 g/mol. The van der Waals surface area contributed by atoms with E-state index >= 15 is 0 Å². The lowest BCUT2D eigenvalue weighted by atomic mass is 10.0. The van der Waals surface area contributed by atoms with Gasteiger partial charge in [0, 0.05) is 21.2 Å². The Bertz CT molecular complexity index is 553. The minimum atomic E-state index is 0.127. The highest BCUT2D eigenvalue weighted by Crippen LogP contribution is 2.38. The van der Waals surface area contributed by atoms with E-state index in [2.05, 4.69) is 44.2 Å². The van der Waals surface area contributed by atoms with Gasteiger partial charge in [-0.3, -0.25) is 0 Å². The minimum Gasteiger partial charge on any atom is -0.326 e. The Morgan fingerprint density at radius 3 is 2.45 bits per heavy atom. The number of aryl methyl sites for hydroxylation is 1. The van der Waals surface area contributed by atoms with Crippen LogP contribution in [0, 0.1) is 6.92 Å². The summed E-state index contributed by atoms with van der Waals surface area (Å²) in [6.07, 6.45) is 0.951. The van der Waals surface area contributed by atoms with E-state index in [4.69, 9.17) is 17.3 Å². The molecule has 0 fully saturated rings. The van der Waals surface area contributed by atoms with Crippen LogP contribution in [0.1, 0.15) is 29.7 Å². The Morgan fingerprint density at radius 2 is 1.85 bits per heavy atom. The van der Waals surface area contributed by atoms with Crippen molar-refractivity contribution < 1.29 is 0 Å². The average molecular weight is 306 g/mol. The highest BCUT2D eigenvalue weighted by Gasteiger charge is 2.19. The van der Waals surface area contributed by atoms with E-state index in [9.17, 15) is 0 Å². The van der Waals surface area contributed by atoms with Gasteiger partial charge < -0.3 is 5.73 Å². The molecule has 0 aliphatic rings. The molecule has 0 saturated heterocycles. The summed E-state index contributed by atoms with van der Waals surface area (Å²) >= 11 is 7.85. The molecule has 106 valence electrons.